The van der Waals surface area contributed by atoms with Crippen molar-refractivity contribution in [2.24, 2.45) is 5.41 Å². The fraction of sp³-hybridized carbons (Fsp3) is 0.179. The molecule has 0 saturated carbocycles. The summed E-state index contributed by atoms with van der Waals surface area (Å²) < 4.78 is 85.2. The van der Waals surface area contributed by atoms with Crippen LogP contribution in [0.5, 0.6) is 0 Å². The molecule has 2 aromatic carbocycles. The minimum absolute atomic E-state index is 0.0526. The number of Topliss-reactive ketones (excluding diaryl/α,β-unsaturated/α-hetero) is 1. The Morgan fingerprint density at radius 3 is 2.45 bits per heavy atom. The molecule has 0 unspecified atom stereocenters. The monoisotopic (exact) mass is 568 g/mol. The van der Waals surface area contributed by atoms with Crippen LogP contribution in [0.4, 0.5) is 17.6 Å². The number of carbonyl (C=O) groups excluding carboxylic acids is 1. The number of hydrogen-bond acceptors (Lipinski definition) is 5. The maximum atomic E-state index is 14.6. The Bertz CT molecular complexity index is 1790. The maximum absolute atomic E-state index is 14.6. The van der Waals surface area contributed by atoms with Crippen molar-refractivity contribution < 1.29 is 30.8 Å². The number of hydrogen-bond donors (Lipinski definition) is 0. The van der Waals surface area contributed by atoms with Gasteiger partial charge in [0.25, 0.3) is 0 Å². The topological polar surface area (TPSA) is 85.2 Å². The summed E-state index contributed by atoms with van der Waals surface area (Å²) in [6.45, 7) is -0.514. The van der Waals surface area contributed by atoms with Crippen molar-refractivity contribution in [3.05, 3.63) is 113 Å². The van der Waals surface area contributed by atoms with Gasteiger partial charge in [-0.05, 0) is 73.0 Å². The highest BCUT2D eigenvalue weighted by Crippen LogP contribution is 2.47. The summed E-state index contributed by atoms with van der Waals surface area (Å²) in [5, 5.41) is 4.43. The molecule has 204 valence electrons. The van der Waals surface area contributed by atoms with Gasteiger partial charge in [-0.3, -0.25) is 9.78 Å². The van der Waals surface area contributed by atoms with Crippen molar-refractivity contribution in [2.45, 2.75) is 17.7 Å². The van der Waals surface area contributed by atoms with Gasteiger partial charge in [-0.1, -0.05) is 11.6 Å². The second-order valence-electron chi connectivity index (χ2n) is 9.68. The second kappa shape index (κ2) is 9.49. The lowest BCUT2D eigenvalue weighted by Gasteiger charge is -2.44. The normalized spacial score (nSPS) is 19.1. The van der Waals surface area contributed by atoms with E-state index in [0.29, 0.717) is 34.7 Å². The Labute approximate surface area is 226 Å². The molecule has 2 aromatic heterocycles. The van der Waals surface area contributed by atoms with E-state index in [4.69, 9.17) is 0 Å². The zero-order valence-electron chi connectivity index (χ0n) is 20.7. The molecule has 0 bridgehead atoms. The third-order valence-electron chi connectivity index (χ3n) is 7.40. The Morgan fingerprint density at radius 2 is 1.73 bits per heavy atom. The van der Waals surface area contributed by atoms with Crippen molar-refractivity contribution in [3.8, 4) is 5.69 Å². The molecule has 0 amide bonds. The number of fused-ring (bicyclic) bond motifs is 2. The minimum Gasteiger partial charge on any atom is -0.291 e. The molecule has 1 aliphatic carbocycles. The Morgan fingerprint density at radius 1 is 0.950 bits per heavy atom. The molecule has 1 fully saturated rings. The van der Waals surface area contributed by atoms with Crippen molar-refractivity contribution in [1.82, 2.24) is 19.1 Å². The van der Waals surface area contributed by atoms with Crippen LogP contribution in [0.15, 0.2) is 77.5 Å². The van der Waals surface area contributed by atoms with Crippen LogP contribution in [0.1, 0.15) is 28.2 Å². The molecule has 6 rings (SSSR count). The molecule has 1 saturated heterocycles. The molecular formula is C28H20F4N4O3S. The quantitative estimate of drug-likeness (QED) is 0.198. The Kier molecular flexibility index (Phi) is 6.19. The van der Waals surface area contributed by atoms with E-state index in [-0.39, 0.29) is 31.6 Å². The maximum Gasteiger partial charge on any atom is 0.246 e. The summed E-state index contributed by atoms with van der Waals surface area (Å²) >= 11 is 0. The van der Waals surface area contributed by atoms with E-state index in [9.17, 15) is 30.8 Å². The average Bonchev–Trinajstić information content (AvgIpc) is 3.36. The van der Waals surface area contributed by atoms with Gasteiger partial charge in [0.05, 0.1) is 23.0 Å². The molecule has 7 nitrogen and oxygen atoms in total. The van der Waals surface area contributed by atoms with Gasteiger partial charge in [-0.2, -0.15) is 9.40 Å². The smallest absolute Gasteiger partial charge is 0.246 e. The van der Waals surface area contributed by atoms with E-state index in [1.54, 1.807) is 41.2 Å². The number of ketones is 1. The van der Waals surface area contributed by atoms with Crippen LogP contribution in [0.3, 0.4) is 0 Å². The third-order valence-corrected chi connectivity index (χ3v) is 9.26. The van der Waals surface area contributed by atoms with Crippen LogP contribution in [-0.2, 0) is 16.4 Å². The lowest BCUT2D eigenvalue weighted by Crippen LogP contribution is -2.53. The number of aromatic nitrogens is 3. The second-order valence-corrected chi connectivity index (χ2v) is 11.6. The van der Waals surface area contributed by atoms with Gasteiger partial charge < -0.3 is 0 Å². The van der Waals surface area contributed by atoms with Crippen LogP contribution in [0.2, 0.25) is 0 Å². The molecule has 3 heterocycles. The molecular weight excluding hydrogens is 548 g/mol. The van der Waals surface area contributed by atoms with Gasteiger partial charge >= 0.3 is 0 Å². The van der Waals surface area contributed by atoms with Crippen molar-refractivity contribution >= 4 is 21.9 Å². The first kappa shape index (κ1) is 26.1. The van der Waals surface area contributed by atoms with E-state index >= 15 is 0 Å². The number of benzene rings is 2. The van der Waals surface area contributed by atoms with Gasteiger partial charge in [0.15, 0.2) is 23.2 Å². The van der Waals surface area contributed by atoms with Gasteiger partial charge in [0, 0.05) is 19.3 Å². The molecule has 0 N–H and O–H groups in total. The minimum atomic E-state index is -4.66. The highest BCUT2D eigenvalue weighted by molar-refractivity contribution is 7.89. The van der Waals surface area contributed by atoms with Crippen LogP contribution in [0, 0.1) is 28.7 Å². The number of nitrogens with zero attached hydrogens (tertiary/aromatic N) is 4. The first-order valence-corrected chi connectivity index (χ1v) is 13.7. The third kappa shape index (κ3) is 4.06. The van der Waals surface area contributed by atoms with Gasteiger partial charge in [0.1, 0.15) is 16.4 Å². The van der Waals surface area contributed by atoms with Crippen molar-refractivity contribution in [1.29, 1.82) is 0 Å². The highest BCUT2D eigenvalue weighted by Gasteiger charge is 2.51. The van der Waals surface area contributed by atoms with Crippen LogP contribution in [-0.4, -0.2) is 46.4 Å². The first-order chi connectivity index (χ1) is 19.1. The summed E-state index contributed by atoms with van der Waals surface area (Å²) in [7, 11) is -4.66. The number of sulfonamides is 1. The molecule has 12 heteroatoms. The zero-order chi connectivity index (χ0) is 28.2. The lowest BCUT2D eigenvalue weighted by atomic mass is 9.65. The largest absolute Gasteiger partial charge is 0.291 e. The Balaban J connectivity index is 1.46. The number of rotatable bonds is 5. The van der Waals surface area contributed by atoms with Gasteiger partial charge in [-0.15, -0.1) is 0 Å². The first-order valence-electron chi connectivity index (χ1n) is 12.3. The van der Waals surface area contributed by atoms with E-state index in [0.717, 1.165) is 4.31 Å². The van der Waals surface area contributed by atoms with Crippen molar-refractivity contribution in [3.63, 3.8) is 0 Å². The fourth-order valence-electron chi connectivity index (χ4n) is 5.40. The molecule has 4 aromatic rings. The van der Waals surface area contributed by atoms with Gasteiger partial charge in [-0.25, -0.2) is 30.7 Å². The van der Waals surface area contributed by atoms with Crippen molar-refractivity contribution in [2.75, 3.05) is 13.1 Å². The molecule has 1 aliphatic heterocycles. The lowest BCUT2D eigenvalue weighted by molar-refractivity contribution is 0.0770. The number of carbonyl (C=O) groups is 1. The standard InChI is InChI=1S/C28H20F4N4O3S/c29-19-4-6-20(7-5-19)36-23-13-18-10-12-35(40(38,39)24-9-8-21(30)25(31)26(24)32)16-28(18,14-17(23)15-34-36)27(37)22-3-1-2-11-33-22/h1-9,11,13,15H,10,12,14,16H2/t28-/m0/s1. The number of piperidine rings is 1. The van der Waals surface area contributed by atoms with E-state index in [1.165, 1.54) is 24.4 Å². The highest BCUT2D eigenvalue weighted by atomic mass is 32.2. The number of pyridine rings is 1. The summed E-state index contributed by atoms with van der Waals surface area (Å²) in [6, 6.07) is 11.7. The zero-order valence-corrected chi connectivity index (χ0v) is 21.5. The van der Waals surface area contributed by atoms with E-state index < -0.39 is 49.4 Å². The predicted molar refractivity (Wildman–Crippen MR) is 136 cm³/mol. The van der Waals surface area contributed by atoms with Crippen LogP contribution < -0.4 is 0 Å². The average molecular weight is 569 g/mol. The summed E-state index contributed by atoms with van der Waals surface area (Å²) in [5.74, 6) is -6.08. The van der Waals surface area contributed by atoms with Gasteiger partial charge in [0.2, 0.25) is 10.0 Å². The van der Waals surface area contributed by atoms with Crippen LogP contribution in [0.25, 0.3) is 11.8 Å². The molecule has 0 spiro atoms. The molecule has 0 radical (unpaired) electrons. The molecule has 40 heavy (non-hydrogen) atoms. The summed E-state index contributed by atoms with van der Waals surface area (Å²) in [4.78, 5) is 17.2. The van der Waals surface area contributed by atoms with E-state index in [1.807, 2.05) is 0 Å². The molecule has 1 atom stereocenters. The SMILES string of the molecule is O=C(c1ccccn1)[C@]12Cc3cnn(-c4ccc(F)cc4)c3C=C1CCN(S(=O)(=O)c1ccc(F)c(F)c1F)C2. The Hall–Kier alpha value is -4.16. The van der Waals surface area contributed by atoms with E-state index in [2.05, 4.69) is 10.1 Å². The summed E-state index contributed by atoms with van der Waals surface area (Å²) in [5.41, 5.74) is 1.21. The fourth-order valence-corrected chi connectivity index (χ4v) is 6.95. The molecule has 2 aliphatic rings. The number of halogens is 4. The van der Waals surface area contributed by atoms with Crippen LogP contribution >= 0.6 is 0 Å². The predicted octanol–water partition coefficient (Wildman–Crippen LogP) is 4.73. The summed E-state index contributed by atoms with van der Waals surface area (Å²) in [6.07, 6.45) is 4.93.